The van der Waals surface area contributed by atoms with Gasteiger partial charge in [-0.05, 0) is 30.2 Å². The van der Waals surface area contributed by atoms with Crippen molar-refractivity contribution in [1.82, 2.24) is 5.32 Å². The molecule has 0 bridgehead atoms. The van der Waals surface area contributed by atoms with Crippen LogP contribution in [0.1, 0.15) is 28.4 Å². The third-order valence-electron chi connectivity index (χ3n) is 2.47. The molecule has 0 aliphatic rings. The minimum absolute atomic E-state index is 0.0697. The molecule has 4 heteroatoms. The summed E-state index contributed by atoms with van der Waals surface area (Å²) in [6.07, 6.45) is 3.71. The first kappa shape index (κ1) is 14.0. The number of methoxy groups -OCH3 is 1. The number of amides is 1. The van der Waals surface area contributed by atoms with Gasteiger partial charge in [-0.2, -0.15) is 0 Å². The molecule has 1 N–H and O–H groups in total. The minimum atomic E-state index is -0.355. The van der Waals surface area contributed by atoms with Crippen molar-refractivity contribution in [2.75, 3.05) is 13.7 Å². The summed E-state index contributed by atoms with van der Waals surface area (Å²) in [5.41, 5.74) is 2.51. The van der Waals surface area contributed by atoms with Crippen molar-refractivity contribution in [2.24, 2.45) is 0 Å². The van der Waals surface area contributed by atoms with Crippen LogP contribution in [0, 0.1) is 6.92 Å². The third-order valence-corrected chi connectivity index (χ3v) is 2.47. The van der Waals surface area contributed by atoms with Gasteiger partial charge in [0.15, 0.2) is 0 Å². The Morgan fingerprint density at radius 1 is 1.39 bits per heavy atom. The fourth-order valence-electron chi connectivity index (χ4n) is 1.45. The van der Waals surface area contributed by atoms with Crippen LogP contribution in [0.3, 0.4) is 0 Å². The summed E-state index contributed by atoms with van der Waals surface area (Å²) in [6, 6.07) is 5.36. The molecular formula is C14H17NO3. The van der Waals surface area contributed by atoms with E-state index in [1.54, 1.807) is 12.1 Å². The lowest BCUT2D eigenvalue weighted by Gasteiger charge is -2.04. The van der Waals surface area contributed by atoms with E-state index in [2.05, 4.69) is 10.1 Å². The number of carbonyl (C=O) groups is 2. The summed E-state index contributed by atoms with van der Waals surface area (Å²) < 4.78 is 4.67. The zero-order valence-electron chi connectivity index (χ0n) is 10.8. The lowest BCUT2D eigenvalue weighted by atomic mass is 10.0. The number of rotatable bonds is 4. The molecule has 0 saturated heterocycles. The molecule has 1 aromatic carbocycles. The van der Waals surface area contributed by atoms with Crippen molar-refractivity contribution in [2.45, 2.75) is 13.8 Å². The van der Waals surface area contributed by atoms with E-state index in [0.717, 1.165) is 11.1 Å². The Morgan fingerprint density at radius 2 is 2.11 bits per heavy atom. The van der Waals surface area contributed by atoms with Crippen LogP contribution < -0.4 is 5.32 Å². The van der Waals surface area contributed by atoms with Gasteiger partial charge < -0.3 is 10.1 Å². The Hall–Kier alpha value is -2.10. The van der Waals surface area contributed by atoms with E-state index in [-0.39, 0.29) is 11.9 Å². The molecule has 18 heavy (non-hydrogen) atoms. The van der Waals surface area contributed by atoms with E-state index in [9.17, 15) is 9.59 Å². The van der Waals surface area contributed by atoms with Gasteiger partial charge in [-0.1, -0.05) is 18.2 Å². The zero-order valence-corrected chi connectivity index (χ0v) is 10.8. The average Bonchev–Trinajstić information content (AvgIpc) is 2.35. The Balaban J connectivity index is 2.81. The van der Waals surface area contributed by atoms with Crippen molar-refractivity contribution in [3.05, 3.63) is 41.0 Å². The van der Waals surface area contributed by atoms with E-state index >= 15 is 0 Å². The van der Waals surface area contributed by atoms with Crippen LogP contribution in [0.5, 0.6) is 0 Å². The number of benzene rings is 1. The molecule has 0 aliphatic heterocycles. The average molecular weight is 247 g/mol. The molecule has 4 nitrogen and oxygen atoms in total. The van der Waals surface area contributed by atoms with E-state index in [0.29, 0.717) is 12.1 Å². The molecule has 0 aromatic heterocycles. The maximum Gasteiger partial charge on any atom is 0.337 e. The number of ether oxygens (including phenoxy) is 1. The molecule has 0 saturated carbocycles. The zero-order chi connectivity index (χ0) is 13.5. The molecule has 0 unspecified atom stereocenters. The van der Waals surface area contributed by atoms with Crippen LogP contribution in [0.15, 0.2) is 24.3 Å². The third kappa shape index (κ3) is 4.05. The molecule has 0 fully saturated rings. The number of carbonyl (C=O) groups excluding carboxylic acids is 2. The molecular weight excluding hydrogens is 230 g/mol. The van der Waals surface area contributed by atoms with Crippen LogP contribution >= 0.6 is 0 Å². The SMILES string of the molecule is COC(=O)c1ccc(C)c(C=CCNC(C)=O)c1. The van der Waals surface area contributed by atoms with Gasteiger partial charge in [0.25, 0.3) is 0 Å². The predicted molar refractivity (Wildman–Crippen MR) is 70.2 cm³/mol. The van der Waals surface area contributed by atoms with Crippen molar-refractivity contribution < 1.29 is 14.3 Å². The summed E-state index contributed by atoms with van der Waals surface area (Å²) in [6.45, 7) is 3.90. The summed E-state index contributed by atoms with van der Waals surface area (Å²) in [5.74, 6) is -0.425. The van der Waals surface area contributed by atoms with Gasteiger partial charge in [-0.15, -0.1) is 0 Å². The number of nitrogens with one attached hydrogen (secondary N) is 1. The summed E-state index contributed by atoms with van der Waals surface area (Å²) in [5, 5.41) is 2.67. The Labute approximate surface area is 107 Å². The van der Waals surface area contributed by atoms with Gasteiger partial charge in [0.1, 0.15) is 0 Å². The maximum absolute atomic E-state index is 11.4. The highest BCUT2D eigenvalue weighted by molar-refractivity contribution is 5.90. The number of esters is 1. The number of hydrogen-bond acceptors (Lipinski definition) is 3. The van der Waals surface area contributed by atoms with Crippen molar-refractivity contribution in [3.63, 3.8) is 0 Å². The molecule has 0 aliphatic carbocycles. The fourth-order valence-corrected chi connectivity index (χ4v) is 1.45. The topological polar surface area (TPSA) is 55.4 Å². The second-order valence-electron chi connectivity index (χ2n) is 3.90. The first-order valence-corrected chi connectivity index (χ1v) is 5.64. The smallest absolute Gasteiger partial charge is 0.337 e. The van der Waals surface area contributed by atoms with Gasteiger partial charge in [0.05, 0.1) is 12.7 Å². The van der Waals surface area contributed by atoms with Crippen LogP contribution in [0.4, 0.5) is 0 Å². The highest BCUT2D eigenvalue weighted by atomic mass is 16.5. The first-order chi connectivity index (χ1) is 8.54. The van der Waals surface area contributed by atoms with Crippen molar-refractivity contribution in [3.8, 4) is 0 Å². The van der Waals surface area contributed by atoms with E-state index in [1.165, 1.54) is 14.0 Å². The van der Waals surface area contributed by atoms with Crippen LogP contribution in [-0.2, 0) is 9.53 Å². The molecule has 1 aromatic rings. The van der Waals surface area contributed by atoms with Gasteiger partial charge in [0, 0.05) is 13.5 Å². The van der Waals surface area contributed by atoms with Gasteiger partial charge >= 0.3 is 5.97 Å². The lowest BCUT2D eigenvalue weighted by molar-refractivity contribution is -0.118. The standard InChI is InChI=1S/C14H17NO3/c1-10-6-7-13(14(17)18-3)9-12(10)5-4-8-15-11(2)16/h4-7,9H,8H2,1-3H3,(H,15,16). The monoisotopic (exact) mass is 247 g/mol. The summed E-state index contributed by atoms with van der Waals surface area (Å²) >= 11 is 0. The number of aryl methyl sites for hydroxylation is 1. The first-order valence-electron chi connectivity index (χ1n) is 5.64. The van der Waals surface area contributed by atoms with Crippen LogP contribution in [0.25, 0.3) is 6.08 Å². The second-order valence-corrected chi connectivity index (χ2v) is 3.90. The minimum Gasteiger partial charge on any atom is -0.465 e. The molecule has 96 valence electrons. The van der Waals surface area contributed by atoms with Gasteiger partial charge in [0.2, 0.25) is 5.91 Å². The largest absolute Gasteiger partial charge is 0.465 e. The highest BCUT2D eigenvalue weighted by Gasteiger charge is 2.06. The Bertz CT molecular complexity index is 478. The molecule has 1 amide bonds. The Kier molecular flexibility index (Phi) is 5.11. The van der Waals surface area contributed by atoms with E-state index in [4.69, 9.17) is 0 Å². The molecule has 0 radical (unpaired) electrons. The summed E-state index contributed by atoms with van der Waals surface area (Å²) in [7, 11) is 1.36. The van der Waals surface area contributed by atoms with Crippen LogP contribution in [-0.4, -0.2) is 25.5 Å². The van der Waals surface area contributed by atoms with E-state index in [1.807, 2.05) is 25.1 Å². The van der Waals surface area contributed by atoms with Gasteiger partial charge in [-0.3, -0.25) is 4.79 Å². The Morgan fingerprint density at radius 3 is 2.72 bits per heavy atom. The normalized spacial score (nSPS) is 10.4. The molecule has 0 heterocycles. The van der Waals surface area contributed by atoms with E-state index < -0.39 is 0 Å². The fraction of sp³-hybridized carbons (Fsp3) is 0.286. The van der Waals surface area contributed by atoms with Crippen molar-refractivity contribution >= 4 is 18.0 Å². The lowest BCUT2D eigenvalue weighted by Crippen LogP contribution is -2.19. The molecule has 0 spiro atoms. The predicted octanol–water partition coefficient (Wildman–Crippen LogP) is 1.93. The highest BCUT2D eigenvalue weighted by Crippen LogP contribution is 2.13. The molecule has 0 atom stereocenters. The maximum atomic E-state index is 11.4. The quantitative estimate of drug-likeness (QED) is 0.827. The summed E-state index contributed by atoms with van der Waals surface area (Å²) in [4.78, 5) is 22.1. The number of hydrogen-bond donors (Lipinski definition) is 1. The van der Waals surface area contributed by atoms with Gasteiger partial charge in [-0.25, -0.2) is 4.79 Å². The second kappa shape index (κ2) is 6.59. The van der Waals surface area contributed by atoms with Crippen LogP contribution in [0.2, 0.25) is 0 Å². The molecule has 1 rings (SSSR count). The van der Waals surface area contributed by atoms with Crippen molar-refractivity contribution in [1.29, 1.82) is 0 Å².